The van der Waals surface area contributed by atoms with Crippen molar-refractivity contribution in [2.75, 3.05) is 13.1 Å². The van der Waals surface area contributed by atoms with E-state index in [1.165, 1.54) is 25.7 Å². The molecule has 1 saturated heterocycles. The van der Waals surface area contributed by atoms with Gasteiger partial charge in [-0.2, -0.15) is 0 Å². The number of hydrogen-bond donors (Lipinski definition) is 1. The molecule has 2 aliphatic rings. The standard InChI is InChI=1S/C15H27NO2/c1-11-5-7-15(8-6-11)10-16-9-12(15)13(17)18-14(2,3)4/h11-12,16H,5-10H2,1-4H3. The molecular weight excluding hydrogens is 226 g/mol. The lowest BCUT2D eigenvalue weighted by molar-refractivity contribution is -0.164. The molecule has 18 heavy (non-hydrogen) atoms. The van der Waals surface area contributed by atoms with Gasteiger partial charge in [-0.3, -0.25) is 4.79 Å². The summed E-state index contributed by atoms with van der Waals surface area (Å²) >= 11 is 0. The first-order chi connectivity index (χ1) is 8.32. The highest BCUT2D eigenvalue weighted by Crippen LogP contribution is 2.47. The summed E-state index contributed by atoms with van der Waals surface area (Å²) in [5.74, 6) is 0.877. The van der Waals surface area contributed by atoms with Gasteiger partial charge in [0.25, 0.3) is 0 Å². The second kappa shape index (κ2) is 4.84. The summed E-state index contributed by atoms with van der Waals surface area (Å²) in [5.41, 5.74) is -0.197. The molecule has 3 heteroatoms. The molecule has 0 aromatic rings. The summed E-state index contributed by atoms with van der Waals surface area (Å²) in [5, 5.41) is 3.41. The van der Waals surface area contributed by atoms with Crippen LogP contribution in [0.3, 0.4) is 0 Å². The molecule has 2 fully saturated rings. The third-order valence-corrected chi connectivity index (χ3v) is 4.53. The van der Waals surface area contributed by atoms with Gasteiger partial charge < -0.3 is 10.1 Å². The van der Waals surface area contributed by atoms with Crippen molar-refractivity contribution in [1.82, 2.24) is 5.32 Å². The van der Waals surface area contributed by atoms with Crippen molar-refractivity contribution in [2.24, 2.45) is 17.3 Å². The Hall–Kier alpha value is -0.570. The Morgan fingerprint density at radius 2 is 1.89 bits per heavy atom. The minimum Gasteiger partial charge on any atom is -0.460 e. The van der Waals surface area contributed by atoms with Crippen LogP contribution in [0.2, 0.25) is 0 Å². The zero-order valence-electron chi connectivity index (χ0n) is 12.2. The van der Waals surface area contributed by atoms with E-state index in [0.29, 0.717) is 0 Å². The molecule has 1 atom stereocenters. The highest BCUT2D eigenvalue weighted by atomic mass is 16.6. The Kier molecular flexibility index (Phi) is 3.72. The van der Waals surface area contributed by atoms with E-state index in [1.54, 1.807) is 0 Å². The number of carbonyl (C=O) groups excluding carboxylic acids is 1. The molecule has 0 aromatic heterocycles. The average molecular weight is 253 g/mol. The molecule has 0 amide bonds. The Balaban J connectivity index is 2.05. The van der Waals surface area contributed by atoms with Gasteiger partial charge in [0.2, 0.25) is 0 Å². The Labute approximate surface area is 111 Å². The molecule has 1 aliphatic carbocycles. The molecule has 1 N–H and O–H groups in total. The van der Waals surface area contributed by atoms with E-state index in [1.807, 2.05) is 20.8 Å². The zero-order chi connectivity index (χ0) is 13.4. The van der Waals surface area contributed by atoms with E-state index in [2.05, 4.69) is 12.2 Å². The van der Waals surface area contributed by atoms with Crippen molar-refractivity contribution in [2.45, 2.75) is 59.0 Å². The van der Waals surface area contributed by atoms with Crippen LogP contribution in [0.4, 0.5) is 0 Å². The fraction of sp³-hybridized carbons (Fsp3) is 0.933. The lowest BCUT2D eigenvalue weighted by atomic mass is 9.65. The number of carbonyl (C=O) groups is 1. The highest BCUT2D eigenvalue weighted by molar-refractivity contribution is 5.74. The van der Waals surface area contributed by atoms with Crippen molar-refractivity contribution in [3.05, 3.63) is 0 Å². The third-order valence-electron chi connectivity index (χ3n) is 4.53. The summed E-state index contributed by atoms with van der Waals surface area (Å²) in [6.07, 6.45) is 4.85. The largest absolute Gasteiger partial charge is 0.460 e. The topological polar surface area (TPSA) is 38.3 Å². The van der Waals surface area contributed by atoms with E-state index in [4.69, 9.17) is 4.74 Å². The minimum atomic E-state index is -0.372. The first kappa shape index (κ1) is 13.9. The van der Waals surface area contributed by atoms with Crippen molar-refractivity contribution in [1.29, 1.82) is 0 Å². The van der Waals surface area contributed by atoms with Gasteiger partial charge in [0.15, 0.2) is 0 Å². The number of nitrogens with one attached hydrogen (secondary N) is 1. The second-order valence-electron chi connectivity index (χ2n) is 7.26. The quantitative estimate of drug-likeness (QED) is 0.730. The lowest BCUT2D eigenvalue weighted by Gasteiger charge is -2.39. The normalized spacial score (nSPS) is 36.9. The number of rotatable bonds is 1. The van der Waals surface area contributed by atoms with Gasteiger partial charge in [-0.05, 0) is 44.9 Å². The van der Waals surface area contributed by atoms with Gasteiger partial charge in [0.1, 0.15) is 5.60 Å². The molecule has 3 nitrogen and oxygen atoms in total. The molecule has 2 rings (SSSR count). The van der Waals surface area contributed by atoms with Gasteiger partial charge >= 0.3 is 5.97 Å². The van der Waals surface area contributed by atoms with Gasteiger partial charge in [-0.1, -0.05) is 19.8 Å². The molecule has 1 spiro atoms. The van der Waals surface area contributed by atoms with Crippen LogP contribution in [0.5, 0.6) is 0 Å². The van der Waals surface area contributed by atoms with E-state index in [-0.39, 0.29) is 22.9 Å². The van der Waals surface area contributed by atoms with Crippen LogP contribution < -0.4 is 5.32 Å². The summed E-state index contributed by atoms with van der Waals surface area (Å²) < 4.78 is 5.60. The maximum Gasteiger partial charge on any atom is 0.311 e. The number of esters is 1. The molecule has 0 radical (unpaired) electrons. The summed E-state index contributed by atoms with van der Waals surface area (Å²) in [6, 6.07) is 0. The first-order valence-electron chi connectivity index (χ1n) is 7.26. The molecule has 1 unspecified atom stereocenters. The van der Waals surface area contributed by atoms with Crippen molar-refractivity contribution in [3.63, 3.8) is 0 Å². The van der Waals surface area contributed by atoms with Crippen LogP contribution in [0.25, 0.3) is 0 Å². The summed E-state index contributed by atoms with van der Waals surface area (Å²) in [7, 11) is 0. The third kappa shape index (κ3) is 2.87. The van der Waals surface area contributed by atoms with E-state index in [9.17, 15) is 4.79 Å². The smallest absolute Gasteiger partial charge is 0.311 e. The van der Waals surface area contributed by atoms with Gasteiger partial charge in [-0.15, -0.1) is 0 Å². The van der Waals surface area contributed by atoms with Crippen LogP contribution >= 0.6 is 0 Å². The van der Waals surface area contributed by atoms with Crippen LogP contribution in [0, 0.1) is 17.3 Å². The van der Waals surface area contributed by atoms with E-state index >= 15 is 0 Å². The second-order valence-corrected chi connectivity index (χ2v) is 7.26. The zero-order valence-corrected chi connectivity index (χ0v) is 12.2. The average Bonchev–Trinajstić information content (AvgIpc) is 2.64. The van der Waals surface area contributed by atoms with E-state index in [0.717, 1.165) is 19.0 Å². The Morgan fingerprint density at radius 3 is 2.44 bits per heavy atom. The molecule has 104 valence electrons. The highest BCUT2D eigenvalue weighted by Gasteiger charge is 2.49. The summed E-state index contributed by atoms with van der Waals surface area (Å²) in [4.78, 5) is 12.4. The van der Waals surface area contributed by atoms with Crippen LogP contribution in [0.1, 0.15) is 53.4 Å². The maximum absolute atomic E-state index is 12.4. The molecule has 0 bridgehead atoms. The SMILES string of the molecule is CC1CCC2(CC1)CNCC2C(=O)OC(C)(C)C. The number of hydrogen-bond acceptors (Lipinski definition) is 3. The first-order valence-corrected chi connectivity index (χ1v) is 7.26. The van der Waals surface area contributed by atoms with Gasteiger partial charge in [-0.25, -0.2) is 0 Å². The van der Waals surface area contributed by atoms with E-state index < -0.39 is 0 Å². The molecule has 1 heterocycles. The predicted octanol–water partition coefficient (Wildman–Crippen LogP) is 2.74. The van der Waals surface area contributed by atoms with Crippen molar-refractivity contribution in [3.8, 4) is 0 Å². The molecular formula is C15H27NO2. The van der Waals surface area contributed by atoms with Gasteiger partial charge in [0.05, 0.1) is 5.92 Å². The minimum absolute atomic E-state index is 0.00190. The fourth-order valence-corrected chi connectivity index (χ4v) is 3.37. The summed E-state index contributed by atoms with van der Waals surface area (Å²) in [6.45, 7) is 9.94. The lowest BCUT2D eigenvalue weighted by Crippen LogP contribution is -2.41. The van der Waals surface area contributed by atoms with Crippen molar-refractivity contribution >= 4 is 5.97 Å². The van der Waals surface area contributed by atoms with Crippen LogP contribution in [0.15, 0.2) is 0 Å². The Bertz CT molecular complexity index is 311. The monoisotopic (exact) mass is 253 g/mol. The number of ether oxygens (including phenoxy) is 1. The van der Waals surface area contributed by atoms with Gasteiger partial charge in [0, 0.05) is 13.1 Å². The maximum atomic E-state index is 12.4. The molecule has 1 saturated carbocycles. The molecule has 1 aliphatic heterocycles. The van der Waals surface area contributed by atoms with Crippen LogP contribution in [-0.4, -0.2) is 24.7 Å². The van der Waals surface area contributed by atoms with Crippen LogP contribution in [-0.2, 0) is 9.53 Å². The predicted molar refractivity (Wildman–Crippen MR) is 72.3 cm³/mol. The fourth-order valence-electron chi connectivity index (χ4n) is 3.37. The molecule has 0 aromatic carbocycles. The Morgan fingerprint density at radius 1 is 1.28 bits per heavy atom. The van der Waals surface area contributed by atoms with Crippen molar-refractivity contribution < 1.29 is 9.53 Å².